The zero-order valence-corrected chi connectivity index (χ0v) is 17.5. The van der Waals surface area contributed by atoms with Gasteiger partial charge in [-0.15, -0.1) is 0 Å². The predicted octanol–water partition coefficient (Wildman–Crippen LogP) is 1.70. The van der Waals surface area contributed by atoms with Crippen molar-refractivity contribution in [3.05, 3.63) is 59.9 Å². The number of pyridine rings is 1. The second-order valence-electron chi connectivity index (χ2n) is 7.29. The molecule has 2 N–H and O–H groups in total. The molecule has 0 saturated carbocycles. The molecule has 3 rings (SSSR count). The molecule has 2 aromatic rings. The van der Waals surface area contributed by atoms with E-state index in [1.54, 1.807) is 24.3 Å². The van der Waals surface area contributed by atoms with Crippen molar-refractivity contribution in [2.75, 3.05) is 20.1 Å². The van der Waals surface area contributed by atoms with E-state index in [1.807, 2.05) is 24.4 Å². The van der Waals surface area contributed by atoms with Crippen LogP contribution in [-0.2, 0) is 27.8 Å². The van der Waals surface area contributed by atoms with Crippen LogP contribution in [0.1, 0.15) is 30.5 Å². The van der Waals surface area contributed by atoms with Gasteiger partial charge in [-0.25, -0.2) is 13.1 Å². The Kier molecular flexibility index (Phi) is 7.35. The number of nitrogens with one attached hydrogen (secondary N) is 2. The van der Waals surface area contributed by atoms with E-state index in [0.29, 0.717) is 12.8 Å². The minimum Gasteiger partial charge on any atom is -0.353 e. The van der Waals surface area contributed by atoms with Gasteiger partial charge >= 0.3 is 0 Å². The largest absolute Gasteiger partial charge is 0.353 e. The summed E-state index contributed by atoms with van der Waals surface area (Å²) < 4.78 is 25.8. The fourth-order valence-corrected chi connectivity index (χ4v) is 4.20. The van der Waals surface area contributed by atoms with Gasteiger partial charge in [0.1, 0.15) is 0 Å². The second-order valence-corrected chi connectivity index (χ2v) is 9.18. The third-order valence-electron chi connectivity index (χ3n) is 5.21. The quantitative estimate of drug-likeness (QED) is 0.684. The van der Waals surface area contributed by atoms with Crippen molar-refractivity contribution < 1.29 is 13.2 Å². The number of carbonyl (C=O) groups excluding carboxylic acids is 1. The minimum atomic E-state index is -3.43. The molecule has 1 aromatic heterocycles. The van der Waals surface area contributed by atoms with Gasteiger partial charge in [-0.05, 0) is 56.1 Å². The fraction of sp³-hybridized carbons (Fsp3) is 0.429. The molecule has 1 saturated heterocycles. The first kappa shape index (κ1) is 21.4. The van der Waals surface area contributed by atoms with Gasteiger partial charge in [0.25, 0.3) is 0 Å². The highest BCUT2D eigenvalue weighted by Gasteiger charge is 2.21. The number of piperidine rings is 1. The zero-order valence-electron chi connectivity index (χ0n) is 16.7. The number of aryl methyl sites for hydroxylation is 1. The van der Waals surface area contributed by atoms with Crippen molar-refractivity contribution in [1.29, 1.82) is 0 Å². The van der Waals surface area contributed by atoms with Gasteiger partial charge in [-0.2, -0.15) is 0 Å². The number of benzene rings is 1. The third-order valence-corrected chi connectivity index (χ3v) is 6.64. The average molecular weight is 417 g/mol. The molecular weight excluding hydrogens is 388 g/mol. The van der Waals surface area contributed by atoms with Crippen molar-refractivity contribution in [1.82, 2.24) is 19.9 Å². The Morgan fingerprint density at radius 3 is 2.48 bits per heavy atom. The van der Waals surface area contributed by atoms with Crippen LogP contribution in [0.4, 0.5) is 0 Å². The van der Waals surface area contributed by atoms with E-state index in [2.05, 4.69) is 19.9 Å². The van der Waals surface area contributed by atoms with Crippen LogP contribution in [-0.4, -0.2) is 50.4 Å². The molecule has 29 heavy (non-hydrogen) atoms. The number of hydrogen-bond donors (Lipinski definition) is 2. The van der Waals surface area contributed by atoms with Crippen molar-refractivity contribution in [3.8, 4) is 0 Å². The van der Waals surface area contributed by atoms with E-state index in [0.717, 1.165) is 43.7 Å². The number of carbonyl (C=O) groups is 1. The minimum absolute atomic E-state index is 0.0418. The maximum Gasteiger partial charge on any atom is 0.240 e. The summed E-state index contributed by atoms with van der Waals surface area (Å²) in [5, 5.41) is 3.13. The summed E-state index contributed by atoms with van der Waals surface area (Å²) in [4.78, 5) is 19.3. The van der Waals surface area contributed by atoms with Crippen LogP contribution < -0.4 is 10.0 Å². The molecule has 1 aromatic carbocycles. The van der Waals surface area contributed by atoms with Crippen molar-refractivity contribution in [2.45, 2.75) is 43.2 Å². The topological polar surface area (TPSA) is 91.4 Å². The van der Waals surface area contributed by atoms with Gasteiger partial charge in [-0.1, -0.05) is 18.2 Å². The number of aromatic nitrogens is 1. The number of hydrogen-bond acceptors (Lipinski definition) is 5. The van der Waals surface area contributed by atoms with Gasteiger partial charge in [-0.3, -0.25) is 14.7 Å². The first-order valence-corrected chi connectivity index (χ1v) is 11.4. The van der Waals surface area contributed by atoms with E-state index in [-0.39, 0.29) is 16.8 Å². The molecule has 0 spiro atoms. The number of nitrogens with zero attached hydrogens (tertiary/aromatic N) is 2. The van der Waals surface area contributed by atoms with Crippen molar-refractivity contribution in [2.24, 2.45) is 0 Å². The van der Waals surface area contributed by atoms with Crippen LogP contribution in [0, 0.1) is 0 Å². The van der Waals surface area contributed by atoms with E-state index in [9.17, 15) is 13.2 Å². The lowest BCUT2D eigenvalue weighted by Gasteiger charge is -2.32. The SMILES string of the molecule is CNS(=O)(=O)c1ccc(CCC(=O)NC2CCN(Cc3ccccn3)CC2)cc1. The van der Waals surface area contributed by atoms with Gasteiger partial charge in [0, 0.05) is 38.3 Å². The predicted molar refractivity (Wildman–Crippen MR) is 112 cm³/mol. The van der Waals surface area contributed by atoms with E-state index in [4.69, 9.17) is 0 Å². The summed E-state index contributed by atoms with van der Waals surface area (Å²) in [6.07, 6.45) is 4.68. The van der Waals surface area contributed by atoms with Gasteiger partial charge in [0.2, 0.25) is 15.9 Å². The van der Waals surface area contributed by atoms with Crippen LogP contribution in [0.2, 0.25) is 0 Å². The summed E-state index contributed by atoms with van der Waals surface area (Å²) in [5.41, 5.74) is 2.02. The molecule has 8 heteroatoms. The summed E-state index contributed by atoms with van der Waals surface area (Å²) >= 11 is 0. The van der Waals surface area contributed by atoms with Crippen LogP contribution in [0.3, 0.4) is 0 Å². The lowest BCUT2D eigenvalue weighted by atomic mass is 10.0. The van der Waals surface area contributed by atoms with Crippen molar-refractivity contribution in [3.63, 3.8) is 0 Å². The lowest BCUT2D eigenvalue weighted by Crippen LogP contribution is -2.44. The molecule has 0 atom stereocenters. The Morgan fingerprint density at radius 1 is 1.14 bits per heavy atom. The van der Waals surface area contributed by atoms with Crippen molar-refractivity contribution >= 4 is 15.9 Å². The van der Waals surface area contributed by atoms with Crippen LogP contribution in [0.15, 0.2) is 53.6 Å². The molecule has 1 fully saturated rings. The highest BCUT2D eigenvalue weighted by Crippen LogP contribution is 2.14. The molecule has 0 aliphatic carbocycles. The molecule has 1 amide bonds. The highest BCUT2D eigenvalue weighted by atomic mass is 32.2. The second kappa shape index (κ2) is 9.96. The Hall–Kier alpha value is -2.29. The maximum atomic E-state index is 12.3. The molecule has 0 radical (unpaired) electrons. The average Bonchev–Trinajstić information content (AvgIpc) is 2.75. The number of rotatable bonds is 8. The molecule has 0 bridgehead atoms. The number of amides is 1. The van der Waals surface area contributed by atoms with Crippen LogP contribution >= 0.6 is 0 Å². The normalized spacial score (nSPS) is 15.9. The summed E-state index contributed by atoms with van der Waals surface area (Å²) in [5.74, 6) is 0.0418. The standard InChI is InChI=1S/C21H28N4O3S/c1-22-29(27,28)20-8-5-17(6-9-20)7-10-21(26)24-18-11-14-25(15-12-18)16-19-4-2-3-13-23-19/h2-6,8-9,13,18,22H,7,10-12,14-16H2,1H3,(H,24,26). The van der Waals surface area contributed by atoms with E-state index < -0.39 is 10.0 Å². The fourth-order valence-electron chi connectivity index (χ4n) is 3.47. The number of likely N-dealkylation sites (tertiary alicyclic amines) is 1. The Bertz CT molecular complexity index is 893. The summed E-state index contributed by atoms with van der Waals surface area (Å²) in [6, 6.07) is 12.8. The Morgan fingerprint density at radius 2 is 1.86 bits per heavy atom. The summed E-state index contributed by atoms with van der Waals surface area (Å²) in [6.45, 7) is 2.74. The van der Waals surface area contributed by atoms with E-state index >= 15 is 0 Å². The number of sulfonamides is 1. The molecule has 156 valence electrons. The lowest BCUT2D eigenvalue weighted by molar-refractivity contribution is -0.122. The maximum absolute atomic E-state index is 12.3. The first-order chi connectivity index (χ1) is 14.0. The Labute approximate surface area is 172 Å². The molecule has 7 nitrogen and oxygen atoms in total. The van der Waals surface area contributed by atoms with Gasteiger partial charge in [0.15, 0.2) is 0 Å². The Balaban J connectivity index is 1.39. The molecular formula is C21H28N4O3S. The monoisotopic (exact) mass is 416 g/mol. The van der Waals surface area contributed by atoms with Gasteiger partial charge in [0.05, 0.1) is 10.6 Å². The molecule has 1 aliphatic heterocycles. The highest BCUT2D eigenvalue weighted by molar-refractivity contribution is 7.89. The molecule has 0 unspecified atom stereocenters. The molecule has 2 heterocycles. The van der Waals surface area contributed by atoms with Crippen LogP contribution in [0.25, 0.3) is 0 Å². The summed E-state index contributed by atoms with van der Waals surface area (Å²) in [7, 11) is -2.04. The molecule has 1 aliphatic rings. The first-order valence-electron chi connectivity index (χ1n) is 9.90. The van der Waals surface area contributed by atoms with Gasteiger partial charge < -0.3 is 5.32 Å². The zero-order chi connectivity index (χ0) is 20.7. The van der Waals surface area contributed by atoms with E-state index in [1.165, 1.54) is 7.05 Å². The third kappa shape index (κ3) is 6.35. The smallest absolute Gasteiger partial charge is 0.240 e. The van der Waals surface area contributed by atoms with Crippen LogP contribution in [0.5, 0.6) is 0 Å².